The summed E-state index contributed by atoms with van der Waals surface area (Å²) >= 11 is 0. The average molecular weight is 264 g/mol. The van der Waals surface area contributed by atoms with E-state index >= 15 is 0 Å². The number of epoxide rings is 1. The van der Waals surface area contributed by atoms with Gasteiger partial charge >= 0.3 is 6.09 Å². The average Bonchev–Trinajstić information content (AvgIpc) is 3.09. The summed E-state index contributed by atoms with van der Waals surface area (Å²) in [7, 11) is 0. The lowest BCUT2D eigenvalue weighted by atomic mass is 9.96. The van der Waals surface area contributed by atoms with Crippen molar-refractivity contribution in [2.45, 2.75) is 25.0 Å². The van der Waals surface area contributed by atoms with Gasteiger partial charge in [-0.05, 0) is 31.0 Å². The van der Waals surface area contributed by atoms with Gasteiger partial charge in [0.15, 0.2) is 5.78 Å². The molecule has 6 nitrogen and oxygen atoms in total. The van der Waals surface area contributed by atoms with E-state index in [0.29, 0.717) is 18.7 Å². The molecule has 1 heterocycles. The Balaban J connectivity index is 1.95. The van der Waals surface area contributed by atoms with Crippen molar-refractivity contribution in [1.29, 1.82) is 0 Å². The molecule has 2 rings (SSSR count). The van der Waals surface area contributed by atoms with Crippen LogP contribution in [0.1, 0.15) is 12.5 Å². The maximum Gasteiger partial charge on any atom is 0.409 e. The van der Waals surface area contributed by atoms with Crippen LogP contribution in [-0.2, 0) is 16.0 Å². The molecule has 4 N–H and O–H groups in total. The van der Waals surface area contributed by atoms with E-state index in [9.17, 15) is 9.59 Å². The van der Waals surface area contributed by atoms with Gasteiger partial charge in [-0.1, -0.05) is 12.1 Å². The molecule has 0 bridgehead atoms. The Kier molecular flexibility index (Phi) is 3.55. The number of nitrogens with two attached hydrogens (primary N) is 1. The largest absolute Gasteiger partial charge is 0.465 e. The molecule has 102 valence electrons. The lowest BCUT2D eigenvalue weighted by Gasteiger charge is -2.13. The van der Waals surface area contributed by atoms with E-state index in [0.717, 1.165) is 5.56 Å². The number of hydrogen-bond acceptors (Lipinski definition) is 4. The standard InChI is InChI=1S/C13H16N2O4/c1-13(7-19-13)11(16)10(14)6-8-2-4-9(5-3-8)15-12(17)18/h2-5,10,15H,6-7,14H2,1H3,(H,17,18)/t10-,13-/m0/s1. The second-order valence-corrected chi connectivity index (χ2v) is 4.82. The number of amides is 1. The minimum atomic E-state index is -1.11. The van der Waals surface area contributed by atoms with Gasteiger partial charge in [0.05, 0.1) is 12.6 Å². The van der Waals surface area contributed by atoms with Crippen LogP contribution >= 0.6 is 0 Å². The van der Waals surface area contributed by atoms with Crippen molar-refractivity contribution in [3.05, 3.63) is 29.8 Å². The van der Waals surface area contributed by atoms with E-state index in [-0.39, 0.29) is 5.78 Å². The molecule has 0 spiro atoms. The number of rotatable bonds is 5. The molecule has 1 amide bonds. The summed E-state index contributed by atoms with van der Waals surface area (Å²) in [4.78, 5) is 22.4. The first kappa shape index (κ1) is 13.5. The van der Waals surface area contributed by atoms with Gasteiger partial charge in [-0.2, -0.15) is 0 Å². The Morgan fingerprint density at radius 1 is 1.47 bits per heavy atom. The zero-order valence-corrected chi connectivity index (χ0v) is 10.6. The number of carbonyl (C=O) groups excluding carboxylic acids is 1. The number of hydrogen-bond donors (Lipinski definition) is 3. The van der Waals surface area contributed by atoms with Gasteiger partial charge in [0.2, 0.25) is 0 Å². The number of Topliss-reactive ketones (excluding diaryl/α,β-unsaturated/α-hetero) is 1. The third kappa shape index (κ3) is 3.30. The van der Waals surface area contributed by atoms with Crippen molar-refractivity contribution in [3.63, 3.8) is 0 Å². The van der Waals surface area contributed by atoms with Crippen molar-refractivity contribution >= 4 is 17.6 Å². The number of carboxylic acid groups (broad SMARTS) is 1. The van der Waals surface area contributed by atoms with Gasteiger partial charge in [0.1, 0.15) is 5.60 Å². The predicted molar refractivity (Wildman–Crippen MR) is 69.1 cm³/mol. The van der Waals surface area contributed by atoms with Crippen LogP contribution in [-0.4, -0.2) is 35.2 Å². The van der Waals surface area contributed by atoms with Gasteiger partial charge in [-0.15, -0.1) is 0 Å². The second-order valence-electron chi connectivity index (χ2n) is 4.82. The molecule has 19 heavy (non-hydrogen) atoms. The molecule has 0 aliphatic carbocycles. The van der Waals surface area contributed by atoms with Crippen LogP contribution in [0.3, 0.4) is 0 Å². The fourth-order valence-electron chi connectivity index (χ4n) is 1.84. The molecule has 1 aliphatic heterocycles. The summed E-state index contributed by atoms with van der Waals surface area (Å²) in [5, 5.41) is 10.8. The molecule has 1 aromatic rings. The number of ketones is 1. The molecular weight excluding hydrogens is 248 g/mol. The fraction of sp³-hybridized carbons (Fsp3) is 0.385. The highest BCUT2D eigenvalue weighted by Crippen LogP contribution is 2.28. The molecule has 6 heteroatoms. The van der Waals surface area contributed by atoms with Gasteiger partial charge in [0, 0.05) is 5.69 Å². The normalized spacial score (nSPS) is 22.6. The highest BCUT2D eigenvalue weighted by atomic mass is 16.6. The predicted octanol–water partition coefficient (Wildman–Crippen LogP) is 1.00. The Morgan fingerprint density at radius 3 is 2.53 bits per heavy atom. The highest BCUT2D eigenvalue weighted by molar-refractivity contribution is 5.93. The topological polar surface area (TPSA) is 105 Å². The van der Waals surface area contributed by atoms with E-state index in [2.05, 4.69) is 5.32 Å². The monoisotopic (exact) mass is 264 g/mol. The van der Waals surface area contributed by atoms with Gasteiger partial charge in [-0.25, -0.2) is 4.79 Å². The van der Waals surface area contributed by atoms with Crippen molar-refractivity contribution in [2.24, 2.45) is 5.73 Å². The van der Waals surface area contributed by atoms with Gasteiger partial charge in [-0.3, -0.25) is 10.1 Å². The van der Waals surface area contributed by atoms with E-state index in [1.807, 2.05) is 0 Å². The molecule has 1 saturated heterocycles. The molecule has 0 unspecified atom stereocenters. The molecular formula is C13H16N2O4. The lowest BCUT2D eigenvalue weighted by Crippen LogP contribution is -2.40. The zero-order chi connectivity index (χ0) is 14.0. The summed E-state index contributed by atoms with van der Waals surface area (Å²) < 4.78 is 5.07. The van der Waals surface area contributed by atoms with Gasteiger partial charge in [0.25, 0.3) is 0 Å². The molecule has 1 aliphatic rings. The lowest BCUT2D eigenvalue weighted by molar-refractivity contribution is -0.124. The molecule has 1 aromatic carbocycles. The first-order valence-electron chi connectivity index (χ1n) is 5.93. The third-order valence-corrected chi connectivity index (χ3v) is 3.10. The second kappa shape index (κ2) is 4.99. The number of ether oxygens (including phenoxy) is 1. The Labute approximate surface area is 110 Å². The van der Waals surface area contributed by atoms with Crippen LogP contribution in [0, 0.1) is 0 Å². The van der Waals surface area contributed by atoms with Crippen LogP contribution in [0.2, 0.25) is 0 Å². The maximum atomic E-state index is 11.9. The molecule has 2 atom stereocenters. The van der Waals surface area contributed by atoms with Crippen molar-refractivity contribution < 1.29 is 19.4 Å². The Hall–Kier alpha value is -1.92. The first-order valence-corrected chi connectivity index (χ1v) is 5.93. The van der Waals surface area contributed by atoms with Crippen LogP contribution in [0.5, 0.6) is 0 Å². The summed E-state index contributed by atoms with van der Waals surface area (Å²) in [5.74, 6) is -0.0970. The van der Waals surface area contributed by atoms with Crippen LogP contribution in [0.25, 0.3) is 0 Å². The quantitative estimate of drug-likeness (QED) is 0.688. The fourth-order valence-corrected chi connectivity index (χ4v) is 1.84. The summed E-state index contributed by atoms with van der Waals surface area (Å²) in [6.07, 6.45) is -0.705. The van der Waals surface area contributed by atoms with Crippen LogP contribution in [0.4, 0.5) is 10.5 Å². The van der Waals surface area contributed by atoms with E-state index in [1.54, 1.807) is 31.2 Å². The minimum Gasteiger partial charge on any atom is -0.465 e. The maximum absolute atomic E-state index is 11.9. The molecule has 0 radical (unpaired) electrons. The highest BCUT2D eigenvalue weighted by Gasteiger charge is 2.48. The Morgan fingerprint density at radius 2 is 2.05 bits per heavy atom. The Bertz CT molecular complexity index is 494. The number of carbonyl (C=O) groups is 2. The summed E-state index contributed by atoms with van der Waals surface area (Å²) in [5.41, 5.74) is 6.51. The van der Waals surface area contributed by atoms with E-state index in [1.165, 1.54) is 0 Å². The molecule has 0 saturated carbocycles. The smallest absolute Gasteiger partial charge is 0.409 e. The summed E-state index contributed by atoms with van der Waals surface area (Å²) in [6.45, 7) is 2.16. The molecule has 1 fully saturated rings. The van der Waals surface area contributed by atoms with Crippen molar-refractivity contribution in [2.75, 3.05) is 11.9 Å². The van der Waals surface area contributed by atoms with E-state index < -0.39 is 17.7 Å². The molecule has 0 aromatic heterocycles. The summed E-state index contributed by atoms with van der Waals surface area (Å²) in [6, 6.07) is 6.15. The SMILES string of the molecule is C[C@@]1(C(=O)[C@@H](N)Cc2ccc(NC(=O)O)cc2)CO1. The van der Waals surface area contributed by atoms with Crippen molar-refractivity contribution in [3.8, 4) is 0 Å². The van der Waals surface area contributed by atoms with E-state index in [4.69, 9.17) is 15.6 Å². The minimum absolute atomic E-state index is 0.0970. The number of benzene rings is 1. The van der Waals surface area contributed by atoms with Crippen molar-refractivity contribution in [1.82, 2.24) is 0 Å². The first-order chi connectivity index (χ1) is 8.90. The number of nitrogens with one attached hydrogen (secondary N) is 1. The van der Waals surface area contributed by atoms with Crippen LogP contribution < -0.4 is 11.1 Å². The number of anilines is 1. The zero-order valence-electron chi connectivity index (χ0n) is 10.6. The van der Waals surface area contributed by atoms with Crippen LogP contribution in [0.15, 0.2) is 24.3 Å². The third-order valence-electron chi connectivity index (χ3n) is 3.10. The van der Waals surface area contributed by atoms with Gasteiger partial charge < -0.3 is 15.6 Å².